The van der Waals surface area contributed by atoms with Crippen LogP contribution in [-0.2, 0) is 6.54 Å². The third-order valence-electron chi connectivity index (χ3n) is 4.24. The number of carbonyl (C=O) groups excluding carboxylic acids is 1. The van der Waals surface area contributed by atoms with E-state index >= 15 is 0 Å². The number of aromatic nitrogens is 4. The van der Waals surface area contributed by atoms with Crippen LogP contribution in [0.15, 0.2) is 67.0 Å². The number of nitrogens with zero attached hydrogens (tertiary/aromatic N) is 4. The summed E-state index contributed by atoms with van der Waals surface area (Å²) in [6.45, 7) is 0.313. The predicted molar refractivity (Wildman–Crippen MR) is 113 cm³/mol. The molecule has 0 aliphatic carbocycles. The summed E-state index contributed by atoms with van der Waals surface area (Å²) in [5, 5.41) is 8.05. The molecule has 0 aliphatic rings. The summed E-state index contributed by atoms with van der Waals surface area (Å²) < 4.78 is 14.3. The Hall–Kier alpha value is -3.29. The normalized spacial score (nSPS) is 10.8. The molecule has 0 fully saturated rings. The topological polar surface area (TPSA) is 72.7 Å². The number of halogens is 3. The summed E-state index contributed by atoms with van der Waals surface area (Å²) in [5.74, 6) is -0.258. The largest absolute Gasteiger partial charge is 0.350 e. The van der Waals surface area contributed by atoms with Gasteiger partial charge in [-0.15, -0.1) is 5.10 Å². The highest BCUT2D eigenvalue weighted by molar-refractivity contribution is 6.36. The summed E-state index contributed by atoms with van der Waals surface area (Å²) in [5.41, 5.74) is 1.69. The monoisotopic (exact) mass is 441 g/mol. The molecule has 0 aliphatic heterocycles. The molecule has 2 heterocycles. The minimum Gasteiger partial charge on any atom is -0.350 e. The van der Waals surface area contributed by atoms with Crippen LogP contribution in [0.4, 0.5) is 10.3 Å². The Morgan fingerprint density at radius 2 is 1.90 bits per heavy atom. The van der Waals surface area contributed by atoms with Crippen molar-refractivity contribution in [2.75, 3.05) is 5.32 Å². The molecule has 0 radical (unpaired) electrons. The Kier molecular flexibility index (Phi) is 5.74. The van der Waals surface area contributed by atoms with Crippen LogP contribution < -0.4 is 5.32 Å². The van der Waals surface area contributed by atoms with Crippen LogP contribution in [0.1, 0.15) is 15.9 Å². The third-order valence-corrected chi connectivity index (χ3v) is 4.79. The number of hydrogen-bond donors (Lipinski definition) is 1. The van der Waals surface area contributed by atoms with Gasteiger partial charge in [-0.2, -0.15) is 9.67 Å². The van der Waals surface area contributed by atoms with E-state index in [2.05, 4.69) is 20.4 Å². The Bertz CT molecular complexity index is 1200. The number of rotatable bonds is 5. The molecule has 6 nitrogen and oxygen atoms in total. The second kappa shape index (κ2) is 8.61. The lowest BCUT2D eigenvalue weighted by Crippen LogP contribution is -2.18. The van der Waals surface area contributed by atoms with Gasteiger partial charge in [0.05, 0.1) is 10.6 Å². The Morgan fingerprint density at radius 1 is 1.10 bits per heavy atom. The summed E-state index contributed by atoms with van der Waals surface area (Å²) >= 11 is 12.1. The van der Waals surface area contributed by atoms with Crippen LogP contribution in [0, 0.1) is 5.82 Å². The van der Waals surface area contributed by atoms with Crippen molar-refractivity contribution in [2.45, 2.75) is 6.54 Å². The Balaban J connectivity index is 1.70. The van der Waals surface area contributed by atoms with Gasteiger partial charge in [0.15, 0.2) is 5.82 Å². The van der Waals surface area contributed by atoms with Gasteiger partial charge in [-0.1, -0.05) is 35.3 Å². The van der Waals surface area contributed by atoms with E-state index in [0.29, 0.717) is 23.0 Å². The van der Waals surface area contributed by atoms with Crippen LogP contribution in [0.25, 0.3) is 11.4 Å². The molecule has 9 heteroatoms. The Morgan fingerprint density at radius 3 is 2.60 bits per heavy atom. The fourth-order valence-electron chi connectivity index (χ4n) is 2.75. The average molecular weight is 442 g/mol. The zero-order chi connectivity index (χ0) is 21.1. The molecule has 30 heavy (non-hydrogen) atoms. The van der Waals surface area contributed by atoms with Crippen molar-refractivity contribution in [1.82, 2.24) is 19.7 Å². The van der Waals surface area contributed by atoms with Crippen LogP contribution in [0.2, 0.25) is 10.0 Å². The lowest BCUT2D eigenvalue weighted by Gasteiger charge is -2.08. The van der Waals surface area contributed by atoms with Crippen molar-refractivity contribution < 1.29 is 9.18 Å². The number of nitrogens with one attached hydrogen (secondary N) is 1. The van der Waals surface area contributed by atoms with Crippen molar-refractivity contribution in [1.29, 1.82) is 0 Å². The summed E-state index contributed by atoms with van der Waals surface area (Å²) in [4.78, 5) is 21.6. The number of pyridine rings is 1. The first-order valence-electron chi connectivity index (χ1n) is 8.87. The molecule has 2 aromatic heterocycles. The molecule has 4 rings (SSSR count). The molecule has 0 amide bonds. The zero-order valence-electron chi connectivity index (χ0n) is 15.4. The van der Waals surface area contributed by atoms with Gasteiger partial charge in [0.25, 0.3) is 5.91 Å². The van der Waals surface area contributed by atoms with Gasteiger partial charge in [-0.3, -0.25) is 9.78 Å². The third kappa shape index (κ3) is 4.32. The molecule has 0 unspecified atom stereocenters. The highest BCUT2D eigenvalue weighted by Crippen LogP contribution is 2.24. The second-order valence-corrected chi connectivity index (χ2v) is 7.17. The van der Waals surface area contributed by atoms with Gasteiger partial charge >= 0.3 is 0 Å². The molecule has 2 aromatic carbocycles. The van der Waals surface area contributed by atoms with E-state index in [1.54, 1.807) is 42.7 Å². The second-order valence-electron chi connectivity index (χ2n) is 6.32. The lowest BCUT2D eigenvalue weighted by molar-refractivity contribution is 0.0947. The van der Waals surface area contributed by atoms with E-state index in [-0.39, 0.29) is 22.4 Å². The maximum atomic E-state index is 13.1. The molecule has 0 atom stereocenters. The average Bonchev–Trinajstić information content (AvgIpc) is 3.18. The van der Waals surface area contributed by atoms with E-state index in [0.717, 1.165) is 10.2 Å². The minimum absolute atomic E-state index is 0.204. The number of benzene rings is 2. The van der Waals surface area contributed by atoms with Gasteiger partial charge in [0, 0.05) is 29.5 Å². The minimum atomic E-state index is -0.471. The quantitative estimate of drug-likeness (QED) is 0.467. The highest BCUT2D eigenvalue weighted by atomic mass is 35.5. The predicted octanol–water partition coefficient (Wildman–Crippen LogP) is 5.09. The first-order chi connectivity index (χ1) is 14.5. The first kappa shape index (κ1) is 20.0. The molecule has 0 saturated heterocycles. The van der Waals surface area contributed by atoms with Crippen LogP contribution in [0.3, 0.4) is 0 Å². The standard InChI is InChI=1S/C21H14Cl2FN5O/c22-15-5-8-17(18(23)10-15)20(30)29-21(26-11-13-3-6-16(24)7-4-13)27-19(28-29)14-2-1-9-25-12-14/h1-10,12H,11H2,(H,26,27,28). The number of anilines is 1. The maximum absolute atomic E-state index is 13.1. The van der Waals surface area contributed by atoms with E-state index in [1.807, 2.05) is 0 Å². The zero-order valence-corrected chi connectivity index (χ0v) is 16.9. The number of hydrogen-bond acceptors (Lipinski definition) is 5. The fourth-order valence-corrected chi connectivity index (χ4v) is 3.24. The van der Waals surface area contributed by atoms with Gasteiger partial charge in [-0.05, 0) is 48.0 Å². The van der Waals surface area contributed by atoms with Crippen molar-refractivity contribution in [3.8, 4) is 11.4 Å². The number of carbonyl (C=O) groups is 1. The van der Waals surface area contributed by atoms with Gasteiger partial charge in [-0.25, -0.2) is 4.39 Å². The van der Waals surface area contributed by atoms with Crippen molar-refractivity contribution in [2.24, 2.45) is 0 Å². The van der Waals surface area contributed by atoms with Crippen molar-refractivity contribution in [3.05, 3.63) is 94.0 Å². The van der Waals surface area contributed by atoms with Crippen molar-refractivity contribution in [3.63, 3.8) is 0 Å². The van der Waals surface area contributed by atoms with Crippen LogP contribution in [0.5, 0.6) is 0 Å². The molecule has 0 bridgehead atoms. The first-order valence-corrected chi connectivity index (χ1v) is 9.62. The Labute approximate surface area is 181 Å². The smallest absolute Gasteiger partial charge is 0.282 e. The van der Waals surface area contributed by atoms with E-state index in [4.69, 9.17) is 23.2 Å². The molecular weight excluding hydrogens is 428 g/mol. The van der Waals surface area contributed by atoms with Crippen molar-refractivity contribution >= 4 is 35.1 Å². The van der Waals surface area contributed by atoms with Gasteiger partial charge in [0.2, 0.25) is 5.95 Å². The summed E-state index contributed by atoms with van der Waals surface area (Å²) in [6.07, 6.45) is 3.23. The fraction of sp³-hybridized carbons (Fsp3) is 0.0476. The molecule has 1 N–H and O–H groups in total. The highest BCUT2D eigenvalue weighted by Gasteiger charge is 2.21. The molecule has 0 saturated carbocycles. The molecular formula is C21H14Cl2FN5O. The molecule has 0 spiro atoms. The van der Waals surface area contributed by atoms with E-state index < -0.39 is 5.91 Å². The maximum Gasteiger partial charge on any atom is 0.282 e. The van der Waals surface area contributed by atoms with Crippen LogP contribution >= 0.6 is 23.2 Å². The molecule has 4 aromatic rings. The lowest BCUT2D eigenvalue weighted by atomic mass is 10.2. The molecule has 150 valence electrons. The summed E-state index contributed by atoms with van der Waals surface area (Å²) in [6, 6.07) is 14.1. The van der Waals surface area contributed by atoms with Crippen LogP contribution in [-0.4, -0.2) is 25.7 Å². The van der Waals surface area contributed by atoms with Gasteiger partial charge < -0.3 is 5.32 Å². The SMILES string of the molecule is O=C(c1ccc(Cl)cc1Cl)n1nc(-c2cccnc2)nc1NCc1ccc(F)cc1. The van der Waals surface area contributed by atoms with E-state index in [1.165, 1.54) is 24.3 Å². The van der Waals surface area contributed by atoms with E-state index in [9.17, 15) is 9.18 Å². The summed E-state index contributed by atoms with van der Waals surface area (Å²) in [7, 11) is 0. The van der Waals surface area contributed by atoms with Gasteiger partial charge in [0.1, 0.15) is 5.82 Å².